The van der Waals surface area contributed by atoms with Crippen LogP contribution < -0.4 is 10.6 Å². The second-order valence-corrected chi connectivity index (χ2v) is 5.81. The highest BCUT2D eigenvalue weighted by atomic mass is 15.2. The minimum Gasteiger partial charge on any atom is -0.398 e. The molecule has 2 N–H and O–H groups in total. The first-order chi connectivity index (χ1) is 10.2. The fraction of sp³-hybridized carbons (Fsp3) is 0.333. The second-order valence-electron chi connectivity index (χ2n) is 5.81. The van der Waals surface area contributed by atoms with Crippen molar-refractivity contribution in [2.24, 2.45) is 0 Å². The maximum Gasteiger partial charge on any atom is 0.0363 e. The van der Waals surface area contributed by atoms with Crippen molar-refractivity contribution in [2.75, 3.05) is 30.8 Å². The lowest BCUT2D eigenvalue weighted by Crippen LogP contribution is -2.24. The summed E-state index contributed by atoms with van der Waals surface area (Å²) < 4.78 is 0. The summed E-state index contributed by atoms with van der Waals surface area (Å²) in [7, 11) is 2.16. The maximum atomic E-state index is 6.05. The molecule has 2 aromatic carbocycles. The third-order valence-corrected chi connectivity index (χ3v) is 4.25. The van der Waals surface area contributed by atoms with E-state index in [9.17, 15) is 0 Å². The molecular formula is C18H23N3. The topological polar surface area (TPSA) is 32.5 Å². The molecule has 3 rings (SSSR count). The van der Waals surface area contributed by atoms with Gasteiger partial charge in [0.25, 0.3) is 0 Å². The van der Waals surface area contributed by atoms with Gasteiger partial charge in [0.2, 0.25) is 0 Å². The zero-order chi connectivity index (χ0) is 14.7. The van der Waals surface area contributed by atoms with Crippen LogP contribution in [0.25, 0.3) is 0 Å². The Balaban J connectivity index is 1.49. The summed E-state index contributed by atoms with van der Waals surface area (Å²) >= 11 is 0. The SMILES string of the molecule is CN(CCCN1Cc2cccc(N)c2C1)c1ccccc1. The van der Waals surface area contributed by atoms with Gasteiger partial charge in [-0.05, 0) is 35.7 Å². The number of hydrogen-bond donors (Lipinski definition) is 1. The molecule has 1 aliphatic rings. The minimum atomic E-state index is 0.941. The molecule has 2 aromatic rings. The fourth-order valence-electron chi connectivity index (χ4n) is 3.02. The average molecular weight is 281 g/mol. The lowest BCUT2D eigenvalue weighted by atomic mass is 10.1. The lowest BCUT2D eigenvalue weighted by Gasteiger charge is -2.21. The van der Waals surface area contributed by atoms with Crippen LogP contribution in [-0.2, 0) is 13.1 Å². The summed E-state index contributed by atoms with van der Waals surface area (Å²) in [4.78, 5) is 4.80. The summed E-state index contributed by atoms with van der Waals surface area (Å²) in [5.74, 6) is 0. The molecule has 110 valence electrons. The predicted molar refractivity (Wildman–Crippen MR) is 89.3 cm³/mol. The Morgan fingerprint density at radius 1 is 1.05 bits per heavy atom. The highest BCUT2D eigenvalue weighted by Crippen LogP contribution is 2.27. The number of nitrogen functional groups attached to an aromatic ring is 1. The van der Waals surface area contributed by atoms with Crippen molar-refractivity contribution < 1.29 is 0 Å². The van der Waals surface area contributed by atoms with Gasteiger partial charge in [-0.3, -0.25) is 4.90 Å². The van der Waals surface area contributed by atoms with Crippen molar-refractivity contribution in [2.45, 2.75) is 19.5 Å². The molecule has 3 nitrogen and oxygen atoms in total. The molecule has 0 radical (unpaired) electrons. The zero-order valence-corrected chi connectivity index (χ0v) is 12.6. The van der Waals surface area contributed by atoms with Gasteiger partial charge in [-0.25, -0.2) is 0 Å². The Morgan fingerprint density at radius 2 is 1.86 bits per heavy atom. The first-order valence-electron chi connectivity index (χ1n) is 7.59. The van der Waals surface area contributed by atoms with Gasteiger partial charge in [-0.2, -0.15) is 0 Å². The van der Waals surface area contributed by atoms with E-state index in [4.69, 9.17) is 5.73 Å². The van der Waals surface area contributed by atoms with Crippen molar-refractivity contribution in [1.82, 2.24) is 4.90 Å². The molecule has 21 heavy (non-hydrogen) atoms. The van der Waals surface area contributed by atoms with Gasteiger partial charge in [0, 0.05) is 44.6 Å². The van der Waals surface area contributed by atoms with Crippen LogP contribution in [-0.4, -0.2) is 25.0 Å². The van der Waals surface area contributed by atoms with Gasteiger partial charge < -0.3 is 10.6 Å². The number of fused-ring (bicyclic) bond motifs is 1. The monoisotopic (exact) mass is 281 g/mol. The molecule has 0 unspecified atom stereocenters. The van der Waals surface area contributed by atoms with E-state index in [0.29, 0.717) is 0 Å². The summed E-state index contributed by atoms with van der Waals surface area (Å²) in [6, 6.07) is 16.8. The molecule has 0 spiro atoms. The van der Waals surface area contributed by atoms with Gasteiger partial charge in [0.1, 0.15) is 0 Å². The molecule has 3 heteroatoms. The lowest BCUT2D eigenvalue weighted by molar-refractivity contribution is 0.282. The molecule has 1 aliphatic heterocycles. The number of rotatable bonds is 5. The van der Waals surface area contributed by atoms with Gasteiger partial charge >= 0.3 is 0 Å². The van der Waals surface area contributed by atoms with Crippen molar-refractivity contribution in [3.05, 3.63) is 59.7 Å². The summed E-state index contributed by atoms with van der Waals surface area (Å²) in [6.07, 6.45) is 1.17. The van der Waals surface area contributed by atoms with Gasteiger partial charge in [-0.1, -0.05) is 30.3 Å². The Hall–Kier alpha value is -2.00. The number of para-hydroxylation sites is 1. The number of benzene rings is 2. The molecule has 0 aromatic heterocycles. The largest absolute Gasteiger partial charge is 0.398 e. The average Bonchev–Trinajstić information content (AvgIpc) is 2.92. The third-order valence-electron chi connectivity index (χ3n) is 4.25. The second kappa shape index (κ2) is 6.19. The highest BCUT2D eigenvalue weighted by Gasteiger charge is 2.19. The van der Waals surface area contributed by atoms with Crippen molar-refractivity contribution in [1.29, 1.82) is 0 Å². The molecule has 0 aliphatic carbocycles. The molecule has 0 saturated carbocycles. The number of hydrogen-bond acceptors (Lipinski definition) is 3. The van der Waals surface area contributed by atoms with E-state index in [0.717, 1.165) is 31.9 Å². The van der Waals surface area contributed by atoms with Gasteiger partial charge in [-0.15, -0.1) is 0 Å². The van der Waals surface area contributed by atoms with Crippen LogP contribution in [0.4, 0.5) is 11.4 Å². The predicted octanol–water partition coefficient (Wildman–Crippen LogP) is 3.11. The van der Waals surface area contributed by atoms with Crippen LogP contribution in [0.1, 0.15) is 17.5 Å². The van der Waals surface area contributed by atoms with Gasteiger partial charge in [0.15, 0.2) is 0 Å². The Labute approximate surface area is 127 Å². The van der Waals surface area contributed by atoms with Crippen molar-refractivity contribution in [3.8, 4) is 0 Å². The Morgan fingerprint density at radius 3 is 2.62 bits per heavy atom. The molecule has 0 atom stereocenters. The van der Waals surface area contributed by atoms with Crippen LogP contribution in [0.5, 0.6) is 0 Å². The Bertz CT molecular complexity index is 595. The standard InChI is InChI=1S/C18H23N3/c1-20(16-8-3-2-4-9-16)11-6-12-21-13-15-7-5-10-18(19)17(15)14-21/h2-5,7-10H,6,11-14,19H2,1H3. The van der Waals surface area contributed by atoms with Gasteiger partial charge in [0.05, 0.1) is 0 Å². The van der Waals surface area contributed by atoms with E-state index < -0.39 is 0 Å². The molecule has 0 fully saturated rings. The molecule has 0 bridgehead atoms. The first-order valence-corrected chi connectivity index (χ1v) is 7.59. The number of nitrogens with zero attached hydrogens (tertiary/aromatic N) is 2. The van der Waals surface area contributed by atoms with Crippen LogP contribution in [0.2, 0.25) is 0 Å². The van der Waals surface area contributed by atoms with E-state index in [1.54, 1.807) is 0 Å². The van der Waals surface area contributed by atoms with E-state index in [1.807, 2.05) is 6.07 Å². The summed E-state index contributed by atoms with van der Waals surface area (Å²) in [5, 5.41) is 0. The Kier molecular flexibility index (Phi) is 4.11. The molecule has 0 saturated heterocycles. The van der Waals surface area contributed by atoms with Crippen LogP contribution in [0.15, 0.2) is 48.5 Å². The van der Waals surface area contributed by atoms with Crippen LogP contribution >= 0.6 is 0 Å². The first kappa shape index (κ1) is 14.0. The molecule has 1 heterocycles. The molecule has 0 amide bonds. The van der Waals surface area contributed by atoms with E-state index in [2.05, 4.69) is 59.3 Å². The third kappa shape index (κ3) is 3.19. The van der Waals surface area contributed by atoms with Crippen molar-refractivity contribution in [3.63, 3.8) is 0 Å². The van der Waals surface area contributed by atoms with Crippen LogP contribution in [0.3, 0.4) is 0 Å². The summed E-state index contributed by atoms with van der Waals surface area (Å²) in [6.45, 7) is 4.23. The van der Waals surface area contributed by atoms with E-state index in [-0.39, 0.29) is 0 Å². The quantitative estimate of drug-likeness (QED) is 0.855. The number of anilines is 2. The highest BCUT2D eigenvalue weighted by molar-refractivity contribution is 5.52. The van der Waals surface area contributed by atoms with Crippen molar-refractivity contribution >= 4 is 11.4 Å². The van der Waals surface area contributed by atoms with E-state index >= 15 is 0 Å². The number of nitrogens with two attached hydrogens (primary N) is 1. The minimum absolute atomic E-state index is 0.941. The molecular weight excluding hydrogens is 258 g/mol. The maximum absolute atomic E-state index is 6.05. The van der Waals surface area contributed by atoms with E-state index in [1.165, 1.54) is 23.2 Å². The fourth-order valence-corrected chi connectivity index (χ4v) is 3.02. The smallest absolute Gasteiger partial charge is 0.0363 e. The normalized spacial score (nSPS) is 14.1. The van der Waals surface area contributed by atoms with Crippen LogP contribution in [0, 0.1) is 0 Å². The summed E-state index contributed by atoms with van der Waals surface area (Å²) in [5.41, 5.74) is 11.0. The zero-order valence-electron chi connectivity index (χ0n) is 12.6.